The molecule has 1 N–H and O–H groups in total. The molecular formula is C19H13NO. The van der Waals surface area contributed by atoms with Gasteiger partial charge in [0.2, 0.25) is 0 Å². The number of hydrogen-bond acceptors (Lipinski definition) is 2. The van der Waals surface area contributed by atoms with Gasteiger partial charge >= 0.3 is 0 Å². The zero-order valence-corrected chi connectivity index (χ0v) is 11.3. The van der Waals surface area contributed by atoms with Crippen LogP contribution in [0.3, 0.4) is 0 Å². The van der Waals surface area contributed by atoms with Gasteiger partial charge < -0.3 is 5.21 Å². The largest absolute Gasteiger partial charge is 0.411 e. The van der Waals surface area contributed by atoms with E-state index in [1.54, 1.807) is 0 Å². The first kappa shape index (κ1) is 13.0. The summed E-state index contributed by atoms with van der Waals surface area (Å²) < 4.78 is 0. The van der Waals surface area contributed by atoms with Crippen LogP contribution in [0.2, 0.25) is 0 Å². The fraction of sp³-hybridized carbons (Fsp3) is 0. The molecule has 0 saturated carbocycles. The SMILES string of the molecule is O/N=C/c1cccc(C#Cc2ccc3ccccc3c2)c1. The lowest BCUT2D eigenvalue weighted by Gasteiger charge is -1.97. The van der Waals surface area contributed by atoms with Crippen LogP contribution in [0.1, 0.15) is 16.7 Å². The Morgan fingerprint density at radius 3 is 2.33 bits per heavy atom. The highest BCUT2D eigenvalue weighted by Gasteiger charge is 1.94. The summed E-state index contributed by atoms with van der Waals surface area (Å²) in [6.45, 7) is 0. The van der Waals surface area contributed by atoms with Crippen LogP contribution >= 0.6 is 0 Å². The molecule has 2 nitrogen and oxygen atoms in total. The van der Waals surface area contributed by atoms with Crippen LogP contribution in [0.4, 0.5) is 0 Å². The van der Waals surface area contributed by atoms with Crippen molar-refractivity contribution in [2.45, 2.75) is 0 Å². The van der Waals surface area contributed by atoms with Gasteiger partial charge in [0.1, 0.15) is 0 Å². The van der Waals surface area contributed by atoms with Crippen LogP contribution in [0.5, 0.6) is 0 Å². The maximum Gasteiger partial charge on any atom is 0.0734 e. The number of nitrogens with zero attached hydrogens (tertiary/aromatic N) is 1. The molecule has 0 atom stereocenters. The fourth-order valence-electron chi connectivity index (χ4n) is 2.17. The van der Waals surface area contributed by atoms with Crippen molar-refractivity contribution in [3.8, 4) is 11.8 Å². The highest BCUT2D eigenvalue weighted by molar-refractivity contribution is 5.84. The first-order valence-corrected chi connectivity index (χ1v) is 6.63. The van der Waals surface area contributed by atoms with E-state index in [2.05, 4.69) is 41.3 Å². The molecule has 0 spiro atoms. The number of rotatable bonds is 1. The van der Waals surface area contributed by atoms with E-state index in [4.69, 9.17) is 5.21 Å². The molecule has 2 heteroatoms. The van der Waals surface area contributed by atoms with Crippen LogP contribution < -0.4 is 0 Å². The van der Waals surface area contributed by atoms with Crippen LogP contribution in [-0.4, -0.2) is 11.4 Å². The predicted molar refractivity (Wildman–Crippen MR) is 85.8 cm³/mol. The minimum absolute atomic E-state index is 0.822. The monoisotopic (exact) mass is 271 g/mol. The van der Waals surface area contributed by atoms with Crippen LogP contribution in [0.15, 0.2) is 71.9 Å². The van der Waals surface area contributed by atoms with Gasteiger partial charge in [-0.05, 0) is 40.6 Å². The summed E-state index contributed by atoms with van der Waals surface area (Å²) in [6.07, 6.45) is 1.39. The number of benzene rings is 3. The van der Waals surface area contributed by atoms with E-state index in [1.165, 1.54) is 17.0 Å². The fourth-order valence-corrected chi connectivity index (χ4v) is 2.17. The van der Waals surface area contributed by atoms with Crippen molar-refractivity contribution in [1.82, 2.24) is 0 Å². The maximum absolute atomic E-state index is 8.55. The molecule has 0 aliphatic rings. The number of hydrogen-bond donors (Lipinski definition) is 1. The molecular weight excluding hydrogens is 258 g/mol. The number of oxime groups is 1. The van der Waals surface area contributed by atoms with Crippen LogP contribution in [0, 0.1) is 11.8 Å². The molecule has 0 aliphatic carbocycles. The van der Waals surface area contributed by atoms with E-state index < -0.39 is 0 Å². The molecule has 0 unspecified atom stereocenters. The first-order valence-electron chi connectivity index (χ1n) is 6.63. The van der Waals surface area contributed by atoms with Crippen LogP contribution in [0.25, 0.3) is 10.8 Å². The lowest BCUT2D eigenvalue weighted by atomic mass is 10.1. The highest BCUT2D eigenvalue weighted by Crippen LogP contribution is 2.15. The van der Waals surface area contributed by atoms with Crippen molar-refractivity contribution in [3.05, 3.63) is 83.4 Å². The van der Waals surface area contributed by atoms with E-state index >= 15 is 0 Å². The molecule has 100 valence electrons. The van der Waals surface area contributed by atoms with Crippen molar-refractivity contribution in [3.63, 3.8) is 0 Å². The van der Waals surface area contributed by atoms with Gasteiger partial charge in [0.25, 0.3) is 0 Å². The number of fused-ring (bicyclic) bond motifs is 1. The Balaban J connectivity index is 1.93. The Kier molecular flexibility index (Phi) is 3.66. The molecule has 3 rings (SSSR count). The smallest absolute Gasteiger partial charge is 0.0734 e. The Bertz CT molecular complexity index is 869. The minimum atomic E-state index is 0.822. The van der Waals surface area contributed by atoms with Gasteiger partial charge in [0, 0.05) is 11.1 Å². The molecule has 0 saturated heterocycles. The van der Waals surface area contributed by atoms with E-state index in [0.29, 0.717) is 0 Å². The van der Waals surface area contributed by atoms with Gasteiger partial charge in [0.15, 0.2) is 0 Å². The standard InChI is InChI=1S/C19H13NO/c21-20-14-17-5-3-4-15(12-17)8-9-16-10-11-18-6-1-2-7-19(18)13-16/h1-7,10-14,21H/b20-14+. The Hall–Kier alpha value is -3.05. The summed E-state index contributed by atoms with van der Waals surface area (Å²) in [4.78, 5) is 0. The Morgan fingerprint density at radius 2 is 1.52 bits per heavy atom. The second kappa shape index (κ2) is 5.94. The molecule has 3 aromatic carbocycles. The van der Waals surface area contributed by atoms with Crippen molar-refractivity contribution in [1.29, 1.82) is 0 Å². The summed E-state index contributed by atoms with van der Waals surface area (Å²) in [5.74, 6) is 6.30. The molecule has 0 heterocycles. The third kappa shape index (κ3) is 3.10. The summed E-state index contributed by atoms with van der Waals surface area (Å²) in [6, 6.07) is 22.0. The van der Waals surface area contributed by atoms with Gasteiger partial charge in [-0.3, -0.25) is 0 Å². The Labute approximate surface area is 123 Å². The van der Waals surface area contributed by atoms with Gasteiger partial charge in [0.05, 0.1) is 6.21 Å². The van der Waals surface area contributed by atoms with Gasteiger partial charge in [-0.2, -0.15) is 0 Å². The molecule has 0 radical (unpaired) electrons. The predicted octanol–water partition coefficient (Wildman–Crippen LogP) is 4.05. The zero-order chi connectivity index (χ0) is 14.5. The average Bonchev–Trinajstić information content (AvgIpc) is 2.53. The minimum Gasteiger partial charge on any atom is -0.411 e. The molecule has 21 heavy (non-hydrogen) atoms. The van der Waals surface area contributed by atoms with Crippen molar-refractivity contribution < 1.29 is 5.21 Å². The highest BCUT2D eigenvalue weighted by atomic mass is 16.4. The van der Waals surface area contributed by atoms with Gasteiger partial charge in [-0.1, -0.05) is 59.5 Å². The quantitative estimate of drug-likeness (QED) is 0.308. The maximum atomic E-state index is 8.55. The van der Waals surface area contributed by atoms with E-state index in [9.17, 15) is 0 Å². The second-order valence-electron chi connectivity index (χ2n) is 4.68. The van der Waals surface area contributed by atoms with Crippen molar-refractivity contribution in [2.24, 2.45) is 5.16 Å². The third-order valence-electron chi connectivity index (χ3n) is 3.19. The molecule has 0 bridgehead atoms. The Morgan fingerprint density at radius 1 is 0.762 bits per heavy atom. The molecule has 0 aromatic heterocycles. The third-order valence-corrected chi connectivity index (χ3v) is 3.19. The first-order chi connectivity index (χ1) is 10.3. The zero-order valence-electron chi connectivity index (χ0n) is 11.3. The van der Waals surface area contributed by atoms with Crippen molar-refractivity contribution in [2.75, 3.05) is 0 Å². The molecule has 0 amide bonds. The lowest BCUT2D eigenvalue weighted by Crippen LogP contribution is -1.83. The summed E-state index contributed by atoms with van der Waals surface area (Å²) >= 11 is 0. The topological polar surface area (TPSA) is 32.6 Å². The lowest BCUT2D eigenvalue weighted by molar-refractivity contribution is 0.322. The second-order valence-corrected chi connectivity index (χ2v) is 4.68. The molecule has 0 fully saturated rings. The van der Waals surface area contributed by atoms with E-state index in [0.717, 1.165) is 16.7 Å². The molecule has 3 aromatic rings. The van der Waals surface area contributed by atoms with Gasteiger partial charge in [-0.25, -0.2) is 0 Å². The summed E-state index contributed by atoms with van der Waals surface area (Å²) in [7, 11) is 0. The van der Waals surface area contributed by atoms with Crippen molar-refractivity contribution >= 4 is 17.0 Å². The normalized spacial score (nSPS) is 10.5. The summed E-state index contributed by atoms with van der Waals surface area (Å²) in [5, 5.41) is 14.0. The molecule has 0 aliphatic heterocycles. The van der Waals surface area contributed by atoms with E-state index in [-0.39, 0.29) is 0 Å². The average molecular weight is 271 g/mol. The van der Waals surface area contributed by atoms with E-state index in [1.807, 2.05) is 42.5 Å². The van der Waals surface area contributed by atoms with Gasteiger partial charge in [-0.15, -0.1) is 0 Å². The van der Waals surface area contributed by atoms with Crippen LogP contribution in [-0.2, 0) is 0 Å². The summed E-state index contributed by atoms with van der Waals surface area (Å²) in [5.41, 5.74) is 2.69.